The van der Waals surface area contributed by atoms with Crippen molar-refractivity contribution in [2.75, 3.05) is 13.2 Å². The first-order chi connectivity index (χ1) is 29.5. The number of hydrogen-bond acceptors (Lipinski definition) is 6. The van der Waals surface area contributed by atoms with Crippen molar-refractivity contribution in [3.05, 3.63) is 109 Å². The molecule has 338 valence electrons. The molecule has 0 aliphatic rings. The van der Waals surface area contributed by atoms with E-state index in [9.17, 15) is 14.4 Å². The van der Waals surface area contributed by atoms with E-state index < -0.39 is 6.10 Å². The number of rotatable bonds is 41. The normalized spacial score (nSPS) is 13.1. The number of carbonyl (C=O) groups is 3. The third-order valence-electron chi connectivity index (χ3n) is 9.49. The molecule has 0 aliphatic carbocycles. The molecule has 0 rings (SSSR count). The predicted octanol–water partition coefficient (Wildman–Crippen LogP) is 15.6. The molecule has 6 nitrogen and oxygen atoms in total. The van der Waals surface area contributed by atoms with E-state index in [1.165, 1.54) is 25.7 Å². The first-order valence-electron chi connectivity index (χ1n) is 23.9. The summed E-state index contributed by atoms with van der Waals surface area (Å²) in [7, 11) is 0. The lowest BCUT2D eigenvalue weighted by Gasteiger charge is -2.18. The van der Waals surface area contributed by atoms with E-state index in [4.69, 9.17) is 14.2 Å². The highest BCUT2D eigenvalue weighted by molar-refractivity contribution is 5.71. The average molecular weight is 831 g/mol. The first kappa shape index (κ1) is 56.1. The van der Waals surface area contributed by atoms with Crippen molar-refractivity contribution < 1.29 is 28.6 Å². The monoisotopic (exact) mass is 831 g/mol. The van der Waals surface area contributed by atoms with Gasteiger partial charge in [-0.05, 0) is 116 Å². The lowest BCUT2D eigenvalue weighted by molar-refractivity contribution is -0.167. The molecule has 0 spiro atoms. The summed E-state index contributed by atoms with van der Waals surface area (Å²) in [5, 5.41) is 0. The van der Waals surface area contributed by atoms with E-state index in [1.807, 2.05) is 0 Å². The number of esters is 3. The quantitative estimate of drug-likeness (QED) is 0.0264. The number of carbonyl (C=O) groups excluding carboxylic acids is 3. The minimum Gasteiger partial charge on any atom is -0.462 e. The van der Waals surface area contributed by atoms with Gasteiger partial charge in [-0.15, -0.1) is 0 Å². The highest BCUT2D eigenvalue weighted by atomic mass is 16.6. The Morgan fingerprint density at radius 1 is 0.350 bits per heavy atom. The van der Waals surface area contributed by atoms with Crippen molar-refractivity contribution in [2.45, 2.75) is 200 Å². The van der Waals surface area contributed by atoms with E-state index in [2.05, 4.69) is 130 Å². The molecule has 0 aromatic rings. The molecule has 0 aromatic heterocycles. The average Bonchev–Trinajstić information content (AvgIpc) is 3.24. The van der Waals surface area contributed by atoms with Gasteiger partial charge in [0.05, 0.1) is 0 Å². The fourth-order valence-electron chi connectivity index (χ4n) is 5.93. The lowest BCUT2D eigenvalue weighted by Crippen LogP contribution is -2.30. The second-order valence-corrected chi connectivity index (χ2v) is 15.2. The molecule has 0 heterocycles. The van der Waals surface area contributed by atoms with E-state index in [1.54, 1.807) is 0 Å². The van der Waals surface area contributed by atoms with Crippen LogP contribution in [-0.2, 0) is 28.6 Å². The maximum absolute atomic E-state index is 12.7. The Bertz CT molecular complexity index is 1280. The number of ether oxygens (including phenoxy) is 3. The van der Waals surface area contributed by atoms with Gasteiger partial charge in [0.1, 0.15) is 13.2 Å². The third-order valence-corrected chi connectivity index (χ3v) is 9.49. The molecular weight excluding hydrogens is 745 g/mol. The summed E-state index contributed by atoms with van der Waals surface area (Å²) in [4.78, 5) is 37.8. The third kappa shape index (κ3) is 45.2. The zero-order valence-electron chi connectivity index (χ0n) is 38.4. The maximum atomic E-state index is 12.7. The molecule has 0 aliphatic heterocycles. The standard InChI is InChI=1S/C54H86O6/c1-4-7-10-13-16-19-22-24-25-26-27-28-29-30-33-35-38-41-44-47-53(56)59-50-51(49-58-52(55)46-43-40-37-34-31-21-18-15-12-9-6-3)60-54(57)48-45-42-39-36-32-23-20-17-14-11-8-5-2/h7-8,10-11,15-20,24-25,27-28,30,32-33,36,51H,4-6,9,12-14,21-23,26,29,31,34-35,37-50H2,1-3H3/b10-7-,11-8-,18-15-,19-16-,20-17-,25-24-,28-27-,33-30-,36-32-. The Morgan fingerprint density at radius 3 is 1.08 bits per heavy atom. The molecular formula is C54H86O6. The van der Waals surface area contributed by atoms with E-state index in [-0.39, 0.29) is 37.5 Å². The Kier molecular flexibility index (Phi) is 44.6. The van der Waals surface area contributed by atoms with Gasteiger partial charge in [0.2, 0.25) is 0 Å². The van der Waals surface area contributed by atoms with E-state index in [0.717, 1.165) is 122 Å². The topological polar surface area (TPSA) is 78.9 Å². The molecule has 0 amide bonds. The molecule has 0 radical (unpaired) electrons. The Labute approximate surface area is 368 Å². The predicted molar refractivity (Wildman–Crippen MR) is 256 cm³/mol. The van der Waals surface area contributed by atoms with Crippen LogP contribution in [0.2, 0.25) is 0 Å². The van der Waals surface area contributed by atoms with Crippen LogP contribution in [0.15, 0.2) is 109 Å². The van der Waals surface area contributed by atoms with Crippen molar-refractivity contribution in [1.82, 2.24) is 0 Å². The van der Waals surface area contributed by atoms with Crippen LogP contribution >= 0.6 is 0 Å². The van der Waals surface area contributed by atoms with Crippen LogP contribution in [0, 0.1) is 0 Å². The van der Waals surface area contributed by atoms with Crippen LogP contribution in [0.3, 0.4) is 0 Å². The van der Waals surface area contributed by atoms with Gasteiger partial charge >= 0.3 is 17.9 Å². The first-order valence-corrected chi connectivity index (χ1v) is 23.9. The Morgan fingerprint density at radius 2 is 0.650 bits per heavy atom. The highest BCUT2D eigenvalue weighted by Crippen LogP contribution is 2.11. The van der Waals surface area contributed by atoms with Crippen molar-refractivity contribution in [3.63, 3.8) is 0 Å². The largest absolute Gasteiger partial charge is 0.462 e. The second kappa shape index (κ2) is 47.7. The summed E-state index contributed by atoms with van der Waals surface area (Å²) in [6.45, 7) is 6.27. The smallest absolute Gasteiger partial charge is 0.306 e. The summed E-state index contributed by atoms with van der Waals surface area (Å²) < 4.78 is 16.7. The lowest BCUT2D eigenvalue weighted by atomic mass is 10.1. The Balaban J connectivity index is 4.49. The van der Waals surface area contributed by atoms with Crippen LogP contribution in [0.1, 0.15) is 194 Å². The second-order valence-electron chi connectivity index (χ2n) is 15.2. The maximum Gasteiger partial charge on any atom is 0.306 e. The van der Waals surface area contributed by atoms with Gasteiger partial charge in [-0.1, -0.05) is 169 Å². The summed E-state index contributed by atoms with van der Waals surface area (Å²) in [6, 6.07) is 0. The van der Waals surface area contributed by atoms with Crippen LogP contribution in [0.25, 0.3) is 0 Å². The van der Waals surface area contributed by atoms with Crippen LogP contribution < -0.4 is 0 Å². The van der Waals surface area contributed by atoms with Gasteiger partial charge in [0, 0.05) is 19.3 Å². The molecule has 0 fully saturated rings. The minimum absolute atomic E-state index is 0.111. The molecule has 1 unspecified atom stereocenters. The van der Waals surface area contributed by atoms with Crippen molar-refractivity contribution in [2.24, 2.45) is 0 Å². The van der Waals surface area contributed by atoms with Crippen LogP contribution in [-0.4, -0.2) is 37.2 Å². The number of allylic oxidation sites excluding steroid dienone is 18. The van der Waals surface area contributed by atoms with Gasteiger partial charge in [-0.2, -0.15) is 0 Å². The molecule has 1 atom stereocenters. The highest BCUT2D eigenvalue weighted by Gasteiger charge is 2.19. The van der Waals surface area contributed by atoms with E-state index in [0.29, 0.717) is 19.3 Å². The molecule has 60 heavy (non-hydrogen) atoms. The molecule has 0 saturated carbocycles. The minimum atomic E-state index is -0.815. The fraction of sp³-hybridized carbons (Fsp3) is 0.611. The summed E-state index contributed by atoms with van der Waals surface area (Å²) in [5.74, 6) is -1.00. The summed E-state index contributed by atoms with van der Waals surface area (Å²) >= 11 is 0. The Hall–Kier alpha value is -3.93. The molecule has 0 aromatic carbocycles. The van der Waals surface area contributed by atoms with Gasteiger partial charge in [0.25, 0.3) is 0 Å². The van der Waals surface area contributed by atoms with Gasteiger partial charge in [0.15, 0.2) is 6.10 Å². The summed E-state index contributed by atoms with van der Waals surface area (Å²) in [6.07, 6.45) is 63.6. The number of unbranched alkanes of at least 4 members (excludes halogenated alkanes) is 12. The van der Waals surface area contributed by atoms with E-state index >= 15 is 0 Å². The zero-order chi connectivity index (χ0) is 43.7. The van der Waals surface area contributed by atoms with Crippen molar-refractivity contribution in [1.29, 1.82) is 0 Å². The number of hydrogen-bond donors (Lipinski definition) is 0. The van der Waals surface area contributed by atoms with Crippen molar-refractivity contribution in [3.8, 4) is 0 Å². The molecule has 6 heteroatoms. The fourth-order valence-corrected chi connectivity index (χ4v) is 5.93. The van der Waals surface area contributed by atoms with Gasteiger partial charge < -0.3 is 14.2 Å². The SMILES string of the molecule is CC/C=C\C/C=C\C/C=C\C/C=C\C/C=C\CCCCCC(=O)OCC(COC(=O)CCCCCCC/C=C\CCCC)OC(=O)CCCC/C=C\C/C=C\C/C=C\CC. The van der Waals surface area contributed by atoms with Gasteiger partial charge in [-0.25, -0.2) is 0 Å². The van der Waals surface area contributed by atoms with Gasteiger partial charge in [-0.3, -0.25) is 14.4 Å². The van der Waals surface area contributed by atoms with Crippen LogP contribution in [0.4, 0.5) is 0 Å². The molecule has 0 N–H and O–H groups in total. The molecule has 0 saturated heterocycles. The molecule has 0 bridgehead atoms. The van der Waals surface area contributed by atoms with Crippen molar-refractivity contribution >= 4 is 17.9 Å². The zero-order valence-corrected chi connectivity index (χ0v) is 38.4. The van der Waals surface area contributed by atoms with Crippen LogP contribution in [0.5, 0.6) is 0 Å². The summed E-state index contributed by atoms with van der Waals surface area (Å²) in [5.41, 5.74) is 0.